The molecule has 85 valence electrons. The van der Waals surface area contributed by atoms with Crippen LogP contribution in [0.5, 0.6) is 0 Å². The molecule has 1 nitrogen and oxygen atoms in total. The molecule has 0 heterocycles. The van der Waals surface area contributed by atoms with Gasteiger partial charge in [-0.25, -0.2) is 0 Å². The van der Waals surface area contributed by atoms with Crippen LogP contribution in [-0.4, -0.2) is 17.1 Å². The molecule has 1 radical (unpaired) electrons. The second-order valence-electron chi connectivity index (χ2n) is 4.80. The molecular formula is C12H25OS. The fraction of sp³-hybridized carbons (Fsp3) is 0.917. The minimum absolute atomic E-state index is 0.611. The van der Waals surface area contributed by atoms with Crippen molar-refractivity contribution in [1.82, 2.24) is 0 Å². The highest BCUT2D eigenvalue weighted by molar-refractivity contribution is 7.89. The Hall–Kier alpha value is 0.310. The second kappa shape index (κ2) is 7.58. The lowest BCUT2D eigenvalue weighted by Gasteiger charge is -2.28. The van der Waals surface area contributed by atoms with E-state index in [1.165, 1.54) is 19.3 Å². The first-order valence-electron chi connectivity index (χ1n) is 5.51. The zero-order valence-corrected chi connectivity index (χ0v) is 11.1. The number of hydrogen-bond acceptors (Lipinski definition) is 1. The van der Waals surface area contributed by atoms with Crippen molar-refractivity contribution in [1.29, 1.82) is 0 Å². The Morgan fingerprint density at radius 2 is 1.79 bits per heavy atom. The topological polar surface area (TPSA) is 23.1 Å². The van der Waals surface area contributed by atoms with Crippen molar-refractivity contribution in [2.24, 2.45) is 17.8 Å². The summed E-state index contributed by atoms with van der Waals surface area (Å²) in [6.45, 7) is 7.02. The van der Waals surface area contributed by atoms with E-state index in [1.807, 2.05) is 0 Å². The van der Waals surface area contributed by atoms with Gasteiger partial charge in [0.05, 0.1) is 12.5 Å². The molecule has 2 heteroatoms. The molecule has 0 aliphatic heterocycles. The summed E-state index contributed by atoms with van der Waals surface area (Å²) >= 11 is -0.611. The van der Waals surface area contributed by atoms with Crippen LogP contribution < -0.4 is 0 Å². The van der Waals surface area contributed by atoms with Gasteiger partial charge < -0.3 is 4.55 Å². The van der Waals surface area contributed by atoms with E-state index in [1.54, 1.807) is 12.5 Å². The van der Waals surface area contributed by atoms with Gasteiger partial charge in [-0.15, -0.1) is 0 Å². The van der Waals surface area contributed by atoms with E-state index >= 15 is 0 Å². The Morgan fingerprint density at radius 3 is 2.07 bits per heavy atom. The minimum Gasteiger partial charge on any atom is -0.617 e. The molecule has 1 aliphatic rings. The Kier molecular flexibility index (Phi) is 7.75. The molecule has 1 fully saturated rings. The minimum atomic E-state index is -0.611. The third-order valence-electron chi connectivity index (χ3n) is 2.69. The van der Waals surface area contributed by atoms with E-state index in [0.717, 1.165) is 17.8 Å². The van der Waals surface area contributed by atoms with Gasteiger partial charge in [0.2, 0.25) is 0 Å². The van der Waals surface area contributed by atoms with Crippen molar-refractivity contribution in [3.05, 3.63) is 6.42 Å². The van der Waals surface area contributed by atoms with Gasteiger partial charge in [0, 0.05) is 0 Å². The molecule has 2 unspecified atom stereocenters. The number of rotatable bonds is 1. The predicted molar refractivity (Wildman–Crippen MR) is 65.6 cm³/mol. The summed E-state index contributed by atoms with van der Waals surface area (Å²) in [7, 11) is 0. The maximum atomic E-state index is 9.56. The maximum Gasteiger partial charge on any atom is 0.0946 e. The van der Waals surface area contributed by atoms with Crippen molar-refractivity contribution in [3.63, 3.8) is 0 Å². The first-order chi connectivity index (χ1) is 6.43. The van der Waals surface area contributed by atoms with E-state index in [4.69, 9.17) is 0 Å². The van der Waals surface area contributed by atoms with Crippen LogP contribution >= 0.6 is 0 Å². The highest BCUT2D eigenvalue weighted by Crippen LogP contribution is 2.31. The molecule has 0 aromatic heterocycles. The third-order valence-corrected chi connectivity index (χ3v) is 2.69. The molecule has 14 heavy (non-hydrogen) atoms. The van der Waals surface area contributed by atoms with Crippen LogP contribution in [0, 0.1) is 24.2 Å². The Labute approximate surface area is 92.8 Å². The van der Waals surface area contributed by atoms with Crippen LogP contribution in [0.3, 0.4) is 0 Å². The Morgan fingerprint density at radius 1 is 1.29 bits per heavy atom. The first-order valence-corrected chi connectivity index (χ1v) is 7.48. The molecule has 0 spiro atoms. The second-order valence-corrected chi connectivity index (χ2v) is 6.29. The third kappa shape index (κ3) is 7.69. The summed E-state index contributed by atoms with van der Waals surface area (Å²) < 4.78 is 9.56. The summed E-state index contributed by atoms with van der Waals surface area (Å²) in [5, 5.41) is 0. The molecule has 0 aromatic rings. The van der Waals surface area contributed by atoms with Gasteiger partial charge in [-0.1, -0.05) is 38.4 Å². The molecule has 1 rings (SSSR count). The smallest absolute Gasteiger partial charge is 0.0946 e. The quantitative estimate of drug-likeness (QED) is 0.618. The van der Waals surface area contributed by atoms with Crippen LogP contribution in [0.4, 0.5) is 0 Å². The van der Waals surface area contributed by atoms with Gasteiger partial charge in [-0.05, 0) is 37.0 Å². The molecule has 0 amide bonds. The summed E-state index contributed by atoms with van der Waals surface area (Å²) in [4.78, 5) is 0. The fourth-order valence-corrected chi connectivity index (χ4v) is 1.73. The molecule has 2 atom stereocenters. The average molecular weight is 217 g/mol. The van der Waals surface area contributed by atoms with Gasteiger partial charge in [-0.3, -0.25) is 0 Å². The lowest BCUT2D eigenvalue weighted by Crippen LogP contribution is -2.17. The van der Waals surface area contributed by atoms with Crippen LogP contribution in [0.2, 0.25) is 0 Å². The van der Waals surface area contributed by atoms with Crippen molar-refractivity contribution < 1.29 is 4.55 Å². The van der Waals surface area contributed by atoms with Crippen LogP contribution in [-0.2, 0) is 11.2 Å². The SMILES string of the molecule is CC1C[CH]C(C(C)C)CC1.C[S+](C)[O-]. The monoisotopic (exact) mass is 217 g/mol. The molecule has 0 N–H and O–H groups in total. The van der Waals surface area contributed by atoms with E-state index in [2.05, 4.69) is 27.2 Å². The van der Waals surface area contributed by atoms with Gasteiger partial charge >= 0.3 is 0 Å². The van der Waals surface area contributed by atoms with Crippen molar-refractivity contribution in [2.45, 2.75) is 40.0 Å². The average Bonchev–Trinajstić information content (AvgIpc) is 2.03. The Balaban J connectivity index is 0.000000364. The van der Waals surface area contributed by atoms with Crippen LogP contribution in [0.1, 0.15) is 40.0 Å². The highest BCUT2D eigenvalue weighted by atomic mass is 32.2. The van der Waals surface area contributed by atoms with E-state index < -0.39 is 11.2 Å². The highest BCUT2D eigenvalue weighted by Gasteiger charge is 2.20. The molecular weight excluding hydrogens is 192 g/mol. The van der Waals surface area contributed by atoms with Gasteiger partial charge in [0.1, 0.15) is 0 Å². The normalized spacial score (nSPS) is 27.4. The lowest BCUT2D eigenvalue weighted by atomic mass is 9.78. The molecule has 0 aromatic carbocycles. The van der Waals surface area contributed by atoms with Gasteiger partial charge in [0.15, 0.2) is 0 Å². The van der Waals surface area contributed by atoms with Crippen LogP contribution in [0.25, 0.3) is 0 Å². The molecule has 0 bridgehead atoms. The summed E-state index contributed by atoms with van der Waals surface area (Å²) in [6, 6.07) is 0. The summed E-state index contributed by atoms with van der Waals surface area (Å²) in [5.74, 6) is 2.73. The molecule has 0 saturated heterocycles. The molecule has 1 aliphatic carbocycles. The Bertz CT molecular complexity index is 124. The van der Waals surface area contributed by atoms with Crippen molar-refractivity contribution in [2.75, 3.05) is 12.5 Å². The zero-order chi connectivity index (χ0) is 11.1. The van der Waals surface area contributed by atoms with E-state index in [0.29, 0.717) is 0 Å². The van der Waals surface area contributed by atoms with E-state index in [9.17, 15) is 4.55 Å². The van der Waals surface area contributed by atoms with Crippen LogP contribution in [0.15, 0.2) is 0 Å². The number of hydrogen-bond donors (Lipinski definition) is 0. The first kappa shape index (κ1) is 14.3. The molecule has 1 saturated carbocycles. The zero-order valence-electron chi connectivity index (χ0n) is 10.2. The van der Waals surface area contributed by atoms with Gasteiger partial charge in [-0.2, -0.15) is 0 Å². The fourth-order valence-electron chi connectivity index (χ4n) is 1.73. The standard InChI is InChI=1S/C10H19.C2H6OS/c1-8(2)10-6-4-9(3)5-7-10;1-4(2)3/h6,8-10H,4-5,7H2,1-3H3;1-2H3. The largest absolute Gasteiger partial charge is 0.617 e. The van der Waals surface area contributed by atoms with E-state index in [-0.39, 0.29) is 0 Å². The van der Waals surface area contributed by atoms with Crippen molar-refractivity contribution >= 4 is 11.2 Å². The predicted octanol–water partition coefficient (Wildman–Crippen LogP) is 3.28. The lowest BCUT2D eigenvalue weighted by molar-refractivity contribution is 0.302. The van der Waals surface area contributed by atoms with Crippen molar-refractivity contribution in [3.8, 4) is 0 Å². The maximum absolute atomic E-state index is 9.56. The summed E-state index contributed by atoms with van der Waals surface area (Å²) in [6.07, 6.45) is 10.0. The van der Waals surface area contributed by atoms with Gasteiger partial charge in [0.25, 0.3) is 0 Å². The summed E-state index contributed by atoms with van der Waals surface area (Å²) in [5.41, 5.74) is 0.